The molecule has 1 amide bonds. The highest BCUT2D eigenvalue weighted by atomic mass is 35.5. The minimum absolute atomic E-state index is 0.141. The van der Waals surface area contributed by atoms with E-state index in [-0.39, 0.29) is 5.91 Å². The maximum atomic E-state index is 12.7. The summed E-state index contributed by atoms with van der Waals surface area (Å²) < 4.78 is 0. The summed E-state index contributed by atoms with van der Waals surface area (Å²) in [6, 6.07) is 26.4. The summed E-state index contributed by atoms with van der Waals surface area (Å²) in [4.78, 5) is 15.8. The van der Waals surface area contributed by atoms with Gasteiger partial charge in [0.15, 0.2) is 0 Å². The van der Waals surface area contributed by atoms with Crippen LogP contribution in [0.25, 0.3) is 0 Å². The molecule has 3 aromatic carbocycles. The van der Waals surface area contributed by atoms with Gasteiger partial charge in [0.05, 0.1) is 6.42 Å². The Hall–Kier alpha value is -2.23. The van der Waals surface area contributed by atoms with Crippen molar-refractivity contribution in [3.63, 3.8) is 0 Å². The number of carbonyl (C=O) groups excluding carboxylic acids is 1. The molecule has 4 heteroatoms. The molecule has 0 aliphatic heterocycles. The highest BCUT2D eigenvalue weighted by Crippen LogP contribution is 2.23. The van der Waals surface area contributed by atoms with Crippen LogP contribution in [-0.2, 0) is 23.5 Å². The smallest absolute Gasteiger partial charge is 0.227 e. The van der Waals surface area contributed by atoms with Crippen LogP contribution in [0, 0.1) is 0 Å². The van der Waals surface area contributed by atoms with Gasteiger partial charge in [-0.25, -0.2) is 0 Å². The van der Waals surface area contributed by atoms with Gasteiger partial charge in [0, 0.05) is 28.8 Å². The monoisotopic (exact) mass is 409 g/mol. The van der Waals surface area contributed by atoms with E-state index in [0.29, 0.717) is 24.5 Å². The van der Waals surface area contributed by atoms with E-state index in [0.717, 1.165) is 16.9 Å². The Labute approximate surface area is 176 Å². The fourth-order valence-corrected chi connectivity index (χ4v) is 3.90. The number of nitrogens with zero attached hydrogens (tertiary/aromatic N) is 1. The molecule has 0 unspecified atom stereocenters. The SMILES string of the molecule is CCN(Cc1ccc(Cl)cc1)C(=O)Cc1ccc(SCc2ccccc2)cc1. The summed E-state index contributed by atoms with van der Waals surface area (Å²) in [5, 5.41) is 0.711. The van der Waals surface area contributed by atoms with Crippen LogP contribution in [0.2, 0.25) is 5.02 Å². The standard InChI is InChI=1S/C24H24ClNOS/c1-2-26(17-20-8-12-22(25)13-9-20)24(27)16-19-10-14-23(15-11-19)28-18-21-6-4-3-5-7-21/h3-15H,2,16-18H2,1H3. The molecule has 0 aromatic heterocycles. The molecule has 0 fully saturated rings. The van der Waals surface area contributed by atoms with E-state index in [4.69, 9.17) is 11.6 Å². The molecule has 0 bridgehead atoms. The molecule has 0 N–H and O–H groups in total. The van der Waals surface area contributed by atoms with Crippen molar-refractivity contribution in [1.82, 2.24) is 4.90 Å². The summed E-state index contributed by atoms with van der Waals surface area (Å²) in [5.41, 5.74) is 3.45. The fourth-order valence-electron chi connectivity index (χ4n) is 2.92. The number of amides is 1. The van der Waals surface area contributed by atoms with E-state index in [1.165, 1.54) is 10.5 Å². The van der Waals surface area contributed by atoms with Crippen LogP contribution in [0.1, 0.15) is 23.6 Å². The van der Waals surface area contributed by atoms with E-state index in [2.05, 4.69) is 48.5 Å². The Morgan fingerprint density at radius 1 is 0.857 bits per heavy atom. The lowest BCUT2D eigenvalue weighted by molar-refractivity contribution is -0.130. The van der Waals surface area contributed by atoms with Crippen molar-refractivity contribution in [3.8, 4) is 0 Å². The molecule has 3 rings (SSSR count). The van der Waals surface area contributed by atoms with Crippen molar-refractivity contribution in [1.29, 1.82) is 0 Å². The van der Waals surface area contributed by atoms with Gasteiger partial charge in [-0.2, -0.15) is 0 Å². The lowest BCUT2D eigenvalue weighted by Gasteiger charge is -2.21. The first-order valence-electron chi connectivity index (χ1n) is 9.42. The second kappa shape index (κ2) is 10.4. The summed E-state index contributed by atoms with van der Waals surface area (Å²) >= 11 is 7.75. The highest BCUT2D eigenvalue weighted by Gasteiger charge is 2.13. The number of halogens is 1. The average Bonchev–Trinajstić information content (AvgIpc) is 2.73. The Bertz CT molecular complexity index is 879. The number of benzene rings is 3. The van der Waals surface area contributed by atoms with Gasteiger partial charge in [0.1, 0.15) is 0 Å². The van der Waals surface area contributed by atoms with Crippen LogP contribution < -0.4 is 0 Å². The molecule has 0 atom stereocenters. The second-order valence-corrected chi connectivity index (χ2v) is 8.11. The first kappa shape index (κ1) is 20.5. The van der Waals surface area contributed by atoms with E-state index < -0.39 is 0 Å². The van der Waals surface area contributed by atoms with Gasteiger partial charge in [-0.1, -0.05) is 66.2 Å². The first-order valence-corrected chi connectivity index (χ1v) is 10.8. The molecule has 0 radical (unpaired) electrons. The summed E-state index contributed by atoms with van der Waals surface area (Å²) in [6.45, 7) is 3.31. The zero-order valence-electron chi connectivity index (χ0n) is 16.0. The zero-order valence-corrected chi connectivity index (χ0v) is 17.5. The zero-order chi connectivity index (χ0) is 19.8. The van der Waals surface area contributed by atoms with Gasteiger partial charge < -0.3 is 4.90 Å². The van der Waals surface area contributed by atoms with Crippen LogP contribution in [0.15, 0.2) is 83.8 Å². The Kier molecular flexibility index (Phi) is 7.58. The number of hydrogen-bond donors (Lipinski definition) is 0. The van der Waals surface area contributed by atoms with Gasteiger partial charge in [-0.15, -0.1) is 11.8 Å². The van der Waals surface area contributed by atoms with Gasteiger partial charge in [0.25, 0.3) is 0 Å². The third-order valence-electron chi connectivity index (χ3n) is 4.55. The molecule has 0 spiro atoms. The molecular formula is C24H24ClNOS. The molecule has 0 aliphatic carbocycles. The van der Waals surface area contributed by atoms with Gasteiger partial charge in [-0.05, 0) is 47.9 Å². The summed E-state index contributed by atoms with van der Waals surface area (Å²) in [5.74, 6) is 1.09. The number of thioether (sulfide) groups is 1. The minimum Gasteiger partial charge on any atom is -0.338 e. The Morgan fingerprint density at radius 2 is 1.50 bits per heavy atom. The summed E-state index contributed by atoms with van der Waals surface area (Å²) in [7, 11) is 0. The minimum atomic E-state index is 0.141. The maximum Gasteiger partial charge on any atom is 0.227 e. The molecular weight excluding hydrogens is 386 g/mol. The number of rotatable bonds is 8. The van der Waals surface area contributed by atoms with Crippen LogP contribution in [0.3, 0.4) is 0 Å². The van der Waals surface area contributed by atoms with Crippen molar-refractivity contribution in [3.05, 3.63) is 101 Å². The van der Waals surface area contributed by atoms with E-state index in [9.17, 15) is 4.79 Å². The Balaban J connectivity index is 1.54. The van der Waals surface area contributed by atoms with Crippen LogP contribution in [0.4, 0.5) is 0 Å². The van der Waals surface area contributed by atoms with Gasteiger partial charge >= 0.3 is 0 Å². The van der Waals surface area contributed by atoms with Gasteiger partial charge in [-0.3, -0.25) is 4.79 Å². The maximum absolute atomic E-state index is 12.7. The van der Waals surface area contributed by atoms with Crippen LogP contribution in [0.5, 0.6) is 0 Å². The van der Waals surface area contributed by atoms with Gasteiger partial charge in [0.2, 0.25) is 5.91 Å². The van der Waals surface area contributed by atoms with E-state index >= 15 is 0 Å². The Morgan fingerprint density at radius 3 is 2.14 bits per heavy atom. The molecule has 144 valence electrons. The molecule has 0 saturated carbocycles. The highest BCUT2D eigenvalue weighted by molar-refractivity contribution is 7.98. The normalized spacial score (nSPS) is 10.6. The van der Waals surface area contributed by atoms with Crippen molar-refractivity contribution < 1.29 is 4.79 Å². The van der Waals surface area contributed by atoms with E-state index in [1.807, 2.05) is 53.9 Å². The van der Waals surface area contributed by atoms with Crippen LogP contribution in [-0.4, -0.2) is 17.4 Å². The molecule has 2 nitrogen and oxygen atoms in total. The largest absolute Gasteiger partial charge is 0.338 e. The average molecular weight is 410 g/mol. The van der Waals surface area contributed by atoms with Crippen molar-refractivity contribution in [2.75, 3.05) is 6.54 Å². The topological polar surface area (TPSA) is 20.3 Å². The fraction of sp³-hybridized carbons (Fsp3) is 0.208. The van der Waals surface area contributed by atoms with Crippen LogP contribution >= 0.6 is 23.4 Å². The number of hydrogen-bond acceptors (Lipinski definition) is 2. The third-order valence-corrected chi connectivity index (χ3v) is 5.88. The predicted molar refractivity (Wildman–Crippen MR) is 119 cm³/mol. The number of likely N-dealkylation sites (N-methyl/N-ethyl adjacent to an activating group) is 1. The molecule has 0 aliphatic rings. The molecule has 0 saturated heterocycles. The lowest BCUT2D eigenvalue weighted by atomic mass is 10.1. The first-order chi connectivity index (χ1) is 13.6. The van der Waals surface area contributed by atoms with Crippen molar-refractivity contribution in [2.24, 2.45) is 0 Å². The quantitative estimate of drug-likeness (QED) is 0.411. The summed E-state index contributed by atoms with van der Waals surface area (Å²) in [6.07, 6.45) is 0.422. The van der Waals surface area contributed by atoms with Crippen molar-refractivity contribution in [2.45, 2.75) is 30.5 Å². The molecule has 0 heterocycles. The molecule has 28 heavy (non-hydrogen) atoms. The van der Waals surface area contributed by atoms with Crippen molar-refractivity contribution >= 4 is 29.3 Å². The third kappa shape index (κ3) is 6.15. The lowest BCUT2D eigenvalue weighted by Crippen LogP contribution is -2.31. The molecule has 3 aromatic rings. The number of carbonyl (C=O) groups is 1. The predicted octanol–water partition coefficient (Wildman–Crippen LogP) is 6.22. The van der Waals surface area contributed by atoms with E-state index in [1.54, 1.807) is 0 Å². The second-order valence-electron chi connectivity index (χ2n) is 6.63.